The van der Waals surface area contributed by atoms with Crippen molar-refractivity contribution in [3.63, 3.8) is 0 Å². The molecule has 1 atom stereocenters. The lowest BCUT2D eigenvalue weighted by Gasteiger charge is -2.24. The Morgan fingerprint density at radius 3 is 2.40 bits per heavy atom. The molecule has 5 aromatic rings. The molecule has 1 aliphatic carbocycles. The summed E-state index contributed by atoms with van der Waals surface area (Å²) >= 11 is 1.74. The van der Waals surface area contributed by atoms with Gasteiger partial charge in [0.1, 0.15) is 17.2 Å². The van der Waals surface area contributed by atoms with Gasteiger partial charge in [-0.25, -0.2) is 14.5 Å². The number of thiophene rings is 1. The first-order valence-electron chi connectivity index (χ1n) is 11.9. The number of amides is 2. The molecule has 0 fully saturated rings. The molecule has 8 heteroatoms. The molecular weight excluding hydrogens is 458 g/mol. The molecule has 0 saturated heterocycles. The summed E-state index contributed by atoms with van der Waals surface area (Å²) in [5, 5.41) is 5.83. The second kappa shape index (κ2) is 7.81. The third-order valence-corrected chi connectivity index (χ3v) is 8.22. The lowest BCUT2D eigenvalue weighted by atomic mass is 9.97. The quantitative estimate of drug-likeness (QED) is 0.346. The zero-order valence-electron chi connectivity index (χ0n) is 18.8. The van der Waals surface area contributed by atoms with Gasteiger partial charge in [0.15, 0.2) is 11.5 Å². The van der Waals surface area contributed by atoms with Crippen molar-refractivity contribution >= 4 is 39.0 Å². The molecule has 172 valence electrons. The van der Waals surface area contributed by atoms with Crippen LogP contribution in [-0.4, -0.2) is 36.3 Å². The van der Waals surface area contributed by atoms with Crippen LogP contribution in [0.5, 0.6) is 0 Å². The molecular formula is C27H21N5O2S. The standard InChI is InChI=1S/C27H21N5O2S/c33-26-17-10-4-5-11-18(17)27(34)32(26)20(14-16-8-2-1-3-9-16)23-29-24-22-19-12-6-7-13-21(19)35-25(22)28-15-31(24)30-23/h1-5,8-11,15,20H,6-7,12-14H2. The highest BCUT2D eigenvalue weighted by atomic mass is 32.1. The third-order valence-electron chi connectivity index (χ3n) is 7.02. The van der Waals surface area contributed by atoms with Crippen LogP contribution in [0.4, 0.5) is 0 Å². The predicted molar refractivity (Wildman–Crippen MR) is 133 cm³/mol. The molecule has 2 aromatic carbocycles. The van der Waals surface area contributed by atoms with Crippen LogP contribution >= 0.6 is 11.3 Å². The zero-order valence-corrected chi connectivity index (χ0v) is 19.7. The van der Waals surface area contributed by atoms with E-state index in [0.717, 1.165) is 40.7 Å². The number of nitrogens with zero attached hydrogens (tertiary/aromatic N) is 5. The summed E-state index contributed by atoms with van der Waals surface area (Å²) in [7, 11) is 0. The normalized spacial score (nSPS) is 16.2. The maximum absolute atomic E-state index is 13.4. The van der Waals surface area contributed by atoms with Gasteiger partial charge in [0.05, 0.1) is 16.5 Å². The summed E-state index contributed by atoms with van der Waals surface area (Å²) in [6, 6.07) is 16.2. The second-order valence-corrected chi connectivity index (χ2v) is 10.2. The van der Waals surface area contributed by atoms with Crippen molar-refractivity contribution in [1.29, 1.82) is 0 Å². The van der Waals surface area contributed by atoms with Gasteiger partial charge in [0.25, 0.3) is 11.8 Å². The fourth-order valence-electron chi connectivity index (χ4n) is 5.34. The molecule has 0 N–H and O–H groups in total. The van der Waals surface area contributed by atoms with Gasteiger partial charge in [-0.1, -0.05) is 42.5 Å². The number of aromatic nitrogens is 4. The van der Waals surface area contributed by atoms with Gasteiger partial charge in [-0.2, -0.15) is 0 Å². The molecule has 0 bridgehead atoms. The van der Waals surface area contributed by atoms with Crippen LogP contribution < -0.4 is 0 Å². The minimum atomic E-state index is -0.630. The Labute approximate surface area is 205 Å². The van der Waals surface area contributed by atoms with Crippen molar-refractivity contribution in [1.82, 2.24) is 24.5 Å². The summed E-state index contributed by atoms with van der Waals surface area (Å²) in [6.07, 6.45) is 6.58. The Morgan fingerprint density at radius 1 is 0.914 bits per heavy atom. The van der Waals surface area contributed by atoms with E-state index in [1.165, 1.54) is 21.8 Å². The van der Waals surface area contributed by atoms with Crippen LogP contribution in [0, 0.1) is 0 Å². The number of rotatable bonds is 4. The van der Waals surface area contributed by atoms with Crippen molar-refractivity contribution in [2.24, 2.45) is 0 Å². The van der Waals surface area contributed by atoms with Crippen molar-refractivity contribution in [2.45, 2.75) is 38.1 Å². The fourth-order valence-corrected chi connectivity index (χ4v) is 6.56. The average Bonchev–Trinajstić information content (AvgIpc) is 3.56. The number of aryl methyl sites for hydroxylation is 2. The van der Waals surface area contributed by atoms with Crippen LogP contribution in [0.1, 0.15) is 61.4 Å². The smallest absolute Gasteiger partial charge is 0.262 e. The topological polar surface area (TPSA) is 80.5 Å². The molecule has 7 rings (SSSR count). The van der Waals surface area contributed by atoms with Crippen molar-refractivity contribution in [2.75, 3.05) is 0 Å². The van der Waals surface area contributed by atoms with Gasteiger partial charge in [-0.3, -0.25) is 14.5 Å². The fraction of sp³-hybridized carbons (Fsp3) is 0.222. The SMILES string of the molecule is O=C1c2ccccc2C(=O)N1C(Cc1ccccc1)c1nc2c3c4c(sc3ncn2n1)CCCC4. The number of hydrogen-bond acceptors (Lipinski definition) is 6. The predicted octanol–water partition coefficient (Wildman–Crippen LogP) is 4.80. The summed E-state index contributed by atoms with van der Waals surface area (Å²) in [5.74, 6) is -0.156. The first-order valence-corrected chi connectivity index (χ1v) is 12.7. The summed E-state index contributed by atoms with van der Waals surface area (Å²) in [4.78, 5) is 40.2. The zero-order chi connectivity index (χ0) is 23.5. The van der Waals surface area contributed by atoms with E-state index in [1.54, 1.807) is 46.4 Å². The first kappa shape index (κ1) is 20.5. The molecule has 1 unspecified atom stereocenters. The number of hydrogen-bond donors (Lipinski definition) is 0. The number of imide groups is 1. The van der Waals surface area contributed by atoms with Crippen LogP contribution in [0.2, 0.25) is 0 Å². The first-order chi connectivity index (χ1) is 17.2. The van der Waals surface area contributed by atoms with Crippen molar-refractivity contribution in [3.8, 4) is 0 Å². The van der Waals surface area contributed by atoms with E-state index in [1.807, 2.05) is 30.3 Å². The number of fused-ring (bicyclic) bond motifs is 6. The minimum Gasteiger partial charge on any atom is -0.269 e. The Hall–Kier alpha value is -3.91. The van der Waals surface area contributed by atoms with Crippen LogP contribution in [0.15, 0.2) is 60.9 Å². The van der Waals surface area contributed by atoms with Gasteiger partial charge < -0.3 is 0 Å². The molecule has 2 amide bonds. The summed E-state index contributed by atoms with van der Waals surface area (Å²) < 4.78 is 1.70. The number of carbonyl (C=O) groups is 2. The van der Waals surface area contributed by atoms with E-state index in [2.05, 4.69) is 4.98 Å². The molecule has 4 heterocycles. The largest absolute Gasteiger partial charge is 0.269 e. The van der Waals surface area contributed by atoms with Gasteiger partial charge in [-0.15, -0.1) is 16.4 Å². The van der Waals surface area contributed by atoms with Crippen LogP contribution in [0.3, 0.4) is 0 Å². The summed E-state index contributed by atoms with van der Waals surface area (Å²) in [5.41, 5.74) is 3.93. The highest BCUT2D eigenvalue weighted by molar-refractivity contribution is 7.19. The van der Waals surface area contributed by atoms with E-state index in [-0.39, 0.29) is 11.8 Å². The highest BCUT2D eigenvalue weighted by Crippen LogP contribution is 2.38. The van der Waals surface area contributed by atoms with Gasteiger partial charge in [0, 0.05) is 11.3 Å². The van der Waals surface area contributed by atoms with Gasteiger partial charge >= 0.3 is 0 Å². The Kier molecular flexibility index (Phi) is 4.57. The Balaban J connectivity index is 1.40. The molecule has 0 radical (unpaired) electrons. The monoisotopic (exact) mass is 479 g/mol. The van der Waals surface area contributed by atoms with Crippen LogP contribution in [0.25, 0.3) is 15.9 Å². The molecule has 0 saturated carbocycles. The van der Waals surface area contributed by atoms with E-state index in [9.17, 15) is 9.59 Å². The molecule has 7 nitrogen and oxygen atoms in total. The lowest BCUT2D eigenvalue weighted by Crippen LogP contribution is -2.36. The Morgan fingerprint density at radius 2 is 1.63 bits per heavy atom. The Bertz CT molecular complexity index is 1600. The maximum atomic E-state index is 13.4. The van der Waals surface area contributed by atoms with E-state index < -0.39 is 6.04 Å². The molecule has 2 aliphatic rings. The number of carbonyl (C=O) groups excluding carboxylic acids is 2. The third kappa shape index (κ3) is 3.13. The number of benzene rings is 2. The maximum Gasteiger partial charge on any atom is 0.262 e. The summed E-state index contributed by atoms with van der Waals surface area (Å²) in [6.45, 7) is 0. The minimum absolute atomic E-state index is 0.304. The second-order valence-electron chi connectivity index (χ2n) is 9.11. The van der Waals surface area contributed by atoms with Crippen molar-refractivity contribution < 1.29 is 9.59 Å². The average molecular weight is 480 g/mol. The molecule has 0 spiro atoms. The highest BCUT2D eigenvalue weighted by Gasteiger charge is 2.42. The molecule has 3 aromatic heterocycles. The van der Waals surface area contributed by atoms with Crippen LogP contribution in [-0.2, 0) is 19.3 Å². The van der Waals surface area contributed by atoms with Crippen molar-refractivity contribution in [3.05, 3.63) is 93.9 Å². The van der Waals surface area contributed by atoms with E-state index in [0.29, 0.717) is 23.4 Å². The van der Waals surface area contributed by atoms with Gasteiger partial charge in [-0.05, 0) is 48.9 Å². The van der Waals surface area contributed by atoms with Gasteiger partial charge in [0.2, 0.25) is 0 Å². The molecule has 35 heavy (non-hydrogen) atoms. The van der Waals surface area contributed by atoms with E-state index in [4.69, 9.17) is 10.1 Å². The molecule has 1 aliphatic heterocycles. The van der Waals surface area contributed by atoms with E-state index >= 15 is 0 Å². The lowest BCUT2D eigenvalue weighted by molar-refractivity contribution is 0.0574.